The smallest absolute Gasteiger partial charge is 0.341 e. The number of aromatic nitrogens is 2. The Morgan fingerprint density at radius 2 is 1.70 bits per heavy atom. The topological polar surface area (TPSA) is 75.5 Å². The zero-order valence-corrected chi connectivity index (χ0v) is 18.3. The highest BCUT2D eigenvalue weighted by atomic mass is 19.4. The molecular weight excluding hydrogens is 437 g/mol. The molecule has 1 atom stereocenters. The van der Waals surface area contributed by atoms with Crippen molar-refractivity contribution in [1.29, 1.82) is 0 Å². The fraction of sp³-hybridized carbons (Fsp3) is 0.478. The number of rotatable bonds is 3. The lowest BCUT2D eigenvalue weighted by molar-refractivity contribution is -0.137. The van der Waals surface area contributed by atoms with Crippen molar-refractivity contribution in [1.82, 2.24) is 19.6 Å². The number of amides is 2. The average Bonchev–Trinajstić information content (AvgIpc) is 3.33. The molecule has 176 valence electrons. The monoisotopic (exact) mass is 462 g/mol. The van der Waals surface area contributed by atoms with E-state index in [1.54, 1.807) is 4.90 Å². The van der Waals surface area contributed by atoms with Gasteiger partial charge >= 0.3 is 6.18 Å². The van der Waals surface area contributed by atoms with Crippen LogP contribution in [0.2, 0.25) is 0 Å². The molecule has 0 aliphatic carbocycles. The maximum atomic E-state index is 13.6. The lowest BCUT2D eigenvalue weighted by Crippen LogP contribution is -2.53. The maximum absolute atomic E-state index is 13.6. The molecule has 2 aliphatic rings. The number of hydrogen-bond acceptors (Lipinski definition) is 4. The van der Waals surface area contributed by atoms with Crippen LogP contribution in [-0.4, -0.2) is 57.1 Å². The Kier molecular flexibility index (Phi) is 6.27. The number of aryl methyl sites for hydroxylation is 1. The van der Waals surface area contributed by atoms with Gasteiger partial charge in [-0.05, 0) is 51.2 Å². The minimum absolute atomic E-state index is 0.143. The third-order valence-corrected chi connectivity index (χ3v) is 6.21. The number of nitrogens with zero attached hydrogens (tertiary/aromatic N) is 4. The quantitative estimate of drug-likeness (QED) is 0.702. The van der Waals surface area contributed by atoms with E-state index in [9.17, 15) is 27.6 Å². The Balaban J connectivity index is 1.73. The van der Waals surface area contributed by atoms with E-state index >= 15 is 0 Å². The van der Waals surface area contributed by atoms with Crippen LogP contribution < -0.4 is 5.43 Å². The molecule has 4 rings (SSSR count). The fourth-order valence-corrected chi connectivity index (χ4v) is 4.55. The van der Waals surface area contributed by atoms with Gasteiger partial charge in [0.25, 0.3) is 5.91 Å². The summed E-state index contributed by atoms with van der Waals surface area (Å²) in [4.78, 5) is 42.2. The number of benzene rings is 1. The van der Waals surface area contributed by atoms with Crippen molar-refractivity contribution in [2.24, 2.45) is 0 Å². The Morgan fingerprint density at radius 3 is 2.39 bits per heavy atom. The van der Waals surface area contributed by atoms with Crippen LogP contribution >= 0.6 is 0 Å². The summed E-state index contributed by atoms with van der Waals surface area (Å²) in [5, 5.41) is 4.07. The number of alkyl halides is 3. The number of carbonyl (C=O) groups excluding carboxylic acids is 2. The van der Waals surface area contributed by atoms with Gasteiger partial charge in [-0.25, -0.2) is 4.68 Å². The van der Waals surface area contributed by atoms with E-state index in [2.05, 4.69) is 5.10 Å². The molecule has 0 spiro atoms. The predicted molar refractivity (Wildman–Crippen MR) is 114 cm³/mol. The first-order chi connectivity index (χ1) is 15.7. The molecule has 1 unspecified atom stereocenters. The first-order valence-corrected chi connectivity index (χ1v) is 11.1. The van der Waals surface area contributed by atoms with Gasteiger partial charge in [0.2, 0.25) is 11.3 Å². The second-order valence-electron chi connectivity index (χ2n) is 8.47. The summed E-state index contributed by atoms with van der Waals surface area (Å²) < 4.78 is 41.7. The van der Waals surface area contributed by atoms with Crippen molar-refractivity contribution >= 4 is 11.8 Å². The molecule has 1 aromatic carbocycles. The van der Waals surface area contributed by atoms with E-state index in [1.165, 1.54) is 30.0 Å². The van der Waals surface area contributed by atoms with Gasteiger partial charge < -0.3 is 9.80 Å². The van der Waals surface area contributed by atoms with Gasteiger partial charge in [0.15, 0.2) is 5.69 Å². The van der Waals surface area contributed by atoms with Crippen molar-refractivity contribution in [3.8, 4) is 5.69 Å². The molecule has 1 aromatic heterocycles. The standard InChI is InChI=1S/C23H25F3N4O3/c1-15-14-19(31)20(27-30(15)17-9-3-2-8-16(17)23(24,25)26)22(33)29-13-5-4-10-18(29)21(32)28-11-6-7-12-28/h2-3,8-9,14,18H,4-7,10-13H2,1H3. The summed E-state index contributed by atoms with van der Waals surface area (Å²) in [5.41, 5.74) is -2.21. The Bertz CT molecular complexity index is 1120. The Morgan fingerprint density at radius 1 is 1.03 bits per heavy atom. The van der Waals surface area contributed by atoms with E-state index in [1.807, 2.05) is 0 Å². The van der Waals surface area contributed by atoms with Crippen molar-refractivity contribution in [2.75, 3.05) is 19.6 Å². The molecule has 0 N–H and O–H groups in total. The molecule has 0 bridgehead atoms. The van der Waals surface area contributed by atoms with Gasteiger partial charge in [-0.15, -0.1) is 0 Å². The van der Waals surface area contributed by atoms with Crippen molar-refractivity contribution in [2.45, 2.75) is 51.2 Å². The minimum Gasteiger partial charge on any atom is -0.341 e. The molecule has 10 heteroatoms. The molecule has 7 nitrogen and oxygen atoms in total. The van der Waals surface area contributed by atoms with Gasteiger partial charge in [0.1, 0.15) is 6.04 Å². The molecule has 0 saturated carbocycles. The second-order valence-corrected chi connectivity index (χ2v) is 8.47. The summed E-state index contributed by atoms with van der Waals surface area (Å²) in [7, 11) is 0. The molecular formula is C23H25F3N4O3. The van der Waals surface area contributed by atoms with Crippen molar-refractivity contribution in [3.05, 3.63) is 57.5 Å². The molecule has 2 fully saturated rings. The molecule has 2 saturated heterocycles. The lowest BCUT2D eigenvalue weighted by Gasteiger charge is -2.36. The maximum Gasteiger partial charge on any atom is 0.418 e. The summed E-state index contributed by atoms with van der Waals surface area (Å²) in [5.74, 6) is -0.870. The minimum atomic E-state index is -4.64. The molecule has 0 radical (unpaired) electrons. The van der Waals surface area contributed by atoms with Crippen molar-refractivity contribution < 1.29 is 22.8 Å². The second kappa shape index (κ2) is 8.99. The number of likely N-dealkylation sites (tertiary alicyclic amines) is 2. The molecule has 2 aliphatic heterocycles. The van der Waals surface area contributed by atoms with E-state index < -0.39 is 34.8 Å². The summed E-state index contributed by atoms with van der Waals surface area (Å²) >= 11 is 0. The van der Waals surface area contributed by atoms with Crippen LogP contribution in [0.25, 0.3) is 5.69 Å². The number of carbonyl (C=O) groups is 2. The molecule has 2 aromatic rings. The highest BCUT2D eigenvalue weighted by Crippen LogP contribution is 2.33. The number of hydrogen-bond donors (Lipinski definition) is 0. The van der Waals surface area contributed by atoms with E-state index in [0.717, 1.165) is 36.1 Å². The fourth-order valence-electron chi connectivity index (χ4n) is 4.55. The third kappa shape index (κ3) is 4.51. The zero-order valence-electron chi connectivity index (χ0n) is 18.3. The highest BCUT2D eigenvalue weighted by molar-refractivity contribution is 5.96. The van der Waals surface area contributed by atoms with Crippen LogP contribution in [0.4, 0.5) is 13.2 Å². The average molecular weight is 462 g/mol. The van der Waals surface area contributed by atoms with Crippen LogP contribution in [0.5, 0.6) is 0 Å². The number of para-hydroxylation sites is 1. The van der Waals surface area contributed by atoms with E-state index in [0.29, 0.717) is 25.9 Å². The van der Waals surface area contributed by atoms with Crippen molar-refractivity contribution in [3.63, 3.8) is 0 Å². The Labute approximate surface area is 188 Å². The Hall–Kier alpha value is -3.17. The first-order valence-electron chi connectivity index (χ1n) is 11.1. The van der Waals surface area contributed by atoms with Gasteiger partial charge in [0.05, 0.1) is 11.3 Å². The number of piperidine rings is 1. The molecule has 2 amide bonds. The largest absolute Gasteiger partial charge is 0.418 e. The first kappa shape index (κ1) is 23.0. The molecule has 33 heavy (non-hydrogen) atoms. The highest BCUT2D eigenvalue weighted by Gasteiger charge is 2.38. The van der Waals surface area contributed by atoms with Crippen LogP contribution in [0.15, 0.2) is 35.1 Å². The summed E-state index contributed by atoms with van der Waals surface area (Å²) in [6.45, 7) is 3.02. The van der Waals surface area contributed by atoms with Gasteiger partial charge in [-0.1, -0.05) is 12.1 Å². The van der Waals surface area contributed by atoms with Gasteiger partial charge in [-0.2, -0.15) is 18.3 Å². The lowest BCUT2D eigenvalue weighted by atomic mass is 10.00. The van der Waals surface area contributed by atoms with E-state index in [4.69, 9.17) is 0 Å². The predicted octanol–water partition coefficient (Wildman–Crippen LogP) is 3.18. The van der Waals surface area contributed by atoms with Gasteiger partial charge in [0, 0.05) is 31.4 Å². The number of halogens is 3. The normalized spacial score (nSPS) is 19.1. The van der Waals surface area contributed by atoms with Gasteiger partial charge in [-0.3, -0.25) is 14.4 Å². The van der Waals surface area contributed by atoms with Crippen LogP contribution in [-0.2, 0) is 11.0 Å². The summed E-state index contributed by atoms with van der Waals surface area (Å²) in [6, 6.07) is 5.27. The SMILES string of the molecule is Cc1cc(=O)c(C(=O)N2CCCCC2C(=O)N2CCCC2)nn1-c1ccccc1C(F)(F)F. The van der Waals surface area contributed by atoms with E-state index in [-0.39, 0.29) is 23.8 Å². The van der Waals surface area contributed by atoms with Crippen LogP contribution in [0, 0.1) is 6.92 Å². The molecule has 3 heterocycles. The third-order valence-electron chi connectivity index (χ3n) is 6.21. The summed E-state index contributed by atoms with van der Waals surface area (Å²) in [6.07, 6.45) is -0.883. The zero-order chi connectivity index (χ0) is 23.8. The van der Waals surface area contributed by atoms with Crippen LogP contribution in [0.3, 0.4) is 0 Å². The van der Waals surface area contributed by atoms with Crippen LogP contribution in [0.1, 0.15) is 53.8 Å².